The number of esters is 1. The van der Waals surface area contributed by atoms with Crippen LogP contribution in [0, 0.1) is 17.0 Å². The molecule has 148 valence electrons. The van der Waals surface area contributed by atoms with Gasteiger partial charge in [0, 0.05) is 28.1 Å². The third-order valence-corrected chi connectivity index (χ3v) is 5.21. The number of nitro groups is 1. The smallest absolute Gasteiger partial charge is 0.341 e. The predicted octanol–water partition coefficient (Wildman–Crippen LogP) is 5.06. The predicted molar refractivity (Wildman–Crippen MR) is 111 cm³/mol. The fourth-order valence-corrected chi connectivity index (χ4v) is 3.95. The molecule has 1 amide bonds. The average molecular weight is 410 g/mol. The van der Waals surface area contributed by atoms with Crippen molar-refractivity contribution in [1.29, 1.82) is 0 Å². The number of aryl methyl sites for hydroxylation is 1. The quantitative estimate of drug-likeness (QED) is 0.348. The second-order valence-corrected chi connectivity index (χ2v) is 7.31. The summed E-state index contributed by atoms with van der Waals surface area (Å²) in [5, 5.41) is 13.9. The summed E-state index contributed by atoms with van der Waals surface area (Å²) >= 11 is 1.28. The molecule has 8 heteroatoms. The molecule has 0 aliphatic heterocycles. The molecule has 0 radical (unpaired) electrons. The van der Waals surface area contributed by atoms with E-state index in [-0.39, 0.29) is 17.9 Å². The van der Waals surface area contributed by atoms with Crippen molar-refractivity contribution >= 4 is 33.9 Å². The highest BCUT2D eigenvalue weighted by Gasteiger charge is 2.25. The molecular weight excluding hydrogens is 392 g/mol. The molecule has 0 aliphatic carbocycles. The zero-order valence-corrected chi connectivity index (χ0v) is 16.6. The number of rotatable bonds is 6. The van der Waals surface area contributed by atoms with Gasteiger partial charge in [-0.15, -0.1) is 11.3 Å². The molecule has 0 spiro atoms. The molecule has 0 fully saturated rings. The van der Waals surface area contributed by atoms with Crippen molar-refractivity contribution in [2.75, 3.05) is 11.9 Å². The third kappa shape index (κ3) is 4.33. The van der Waals surface area contributed by atoms with Gasteiger partial charge in [-0.25, -0.2) is 4.79 Å². The van der Waals surface area contributed by atoms with E-state index in [0.29, 0.717) is 16.1 Å². The molecule has 0 unspecified atom stereocenters. The summed E-state index contributed by atoms with van der Waals surface area (Å²) in [6.45, 7) is 3.80. The van der Waals surface area contributed by atoms with Gasteiger partial charge in [0.05, 0.1) is 11.5 Å². The number of benzene rings is 2. The van der Waals surface area contributed by atoms with Crippen LogP contribution in [-0.2, 0) is 4.74 Å². The first kappa shape index (κ1) is 20.2. The van der Waals surface area contributed by atoms with Gasteiger partial charge >= 0.3 is 5.97 Å². The lowest BCUT2D eigenvalue weighted by Gasteiger charge is -2.09. The van der Waals surface area contributed by atoms with Crippen LogP contribution < -0.4 is 5.32 Å². The molecule has 1 aromatic heterocycles. The Morgan fingerprint density at radius 1 is 1.10 bits per heavy atom. The molecule has 1 N–H and O–H groups in total. The summed E-state index contributed by atoms with van der Waals surface area (Å²) in [4.78, 5) is 36.4. The van der Waals surface area contributed by atoms with Crippen molar-refractivity contribution in [3.8, 4) is 11.1 Å². The van der Waals surface area contributed by atoms with Crippen LogP contribution in [0.2, 0.25) is 0 Å². The fraction of sp³-hybridized carbons (Fsp3) is 0.143. The molecule has 0 bridgehead atoms. The Bertz CT molecular complexity index is 1060. The van der Waals surface area contributed by atoms with Crippen LogP contribution >= 0.6 is 11.3 Å². The Balaban J connectivity index is 1.99. The maximum absolute atomic E-state index is 12.7. The number of non-ortho nitro benzene ring substituents is 1. The number of carbonyl (C=O) groups excluding carboxylic acids is 2. The summed E-state index contributed by atoms with van der Waals surface area (Å²) < 4.78 is 5.21. The summed E-state index contributed by atoms with van der Waals surface area (Å²) in [7, 11) is 0. The van der Waals surface area contributed by atoms with Gasteiger partial charge in [-0.1, -0.05) is 30.3 Å². The number of carbonyl (C=O) groups is 2. The number of ether oxygens (including phenoxy) is 1. The minimum absolute atomic E-state index is 0.105. The Hall–Kier alpha value is -3.52. The van der Waals surface area contributed by atoms with E-state index in [1.54, 1.807) is 6.92 Å². The highest BCUT2D eigenvalue weighted by Crippen LogP contribution is 2.40. The van der Waals surface area contributed by atoms with E-state index in [4.69, 9.17) is 4.74 Å². The van der Waals surface area contributed by atoms with Gasteiger partial charge in [-0.2, -0.15) is 0 Å². The number of amides is 1. The third-order valence-electron chi connectivity index (χ3n) is 4.19. The van der Waals surface area contributed by atoms with Crippen LogP contribution in [0.15, 0.2) is 54.6 Å². The van der Waals surface area contributed by atoms with Crippen LogP contribution in [0.1, 0.15) is 32.5 Å². The molecular formula is C21H18N2O5S. The first-order chi connectivity index (χ1) is 13.9. The first-order valence-corrected chi connectivity index (χ1v) is 9.65. The highest BCUT2D eigenvalue weighted by atomic mass is 32.1. The lowest BCUT2D eigenvalue weighted by Crippen LogP contribution is -2.14. The van der Waals surface area contributed by atoms with E-state index >= 15 is 0 Å². The van der Waals surface area contributed by atoms with Crippen LogP contribution in [-0.4, -0.2) is 23.4 Å². The van der Waals surface area contributed by atoms with E-state index in [1.807, 2.05) is 37.3 Å². The fourth-order valence-electron chi connectivity index (χ4n) is 2.89. The molecule has 3 aromatic rings. The maximum Gasteiger partial charge on any atom is 0.341 e. The lowest BCUT2D eigenvalue weighted by molar-refractivity contribution is -0.384. The van der Waals surface area contributed by atoms with Gasteiger partial charge in [0.2, 0.25) is 0 Å². The van der Waals surface area contributed by atoms with Crippen LogP contribution in [0.3, 0.4) is 0 Å². The monoisotopic (exact) mass is 410 g/mol. The van der Waals surface area contributed by atoms with E-state index < -0.39 is 16.8 Å². The second kappa shape index (κ2) is 8.66. The van der Waals surface area contributed by atoms with Crippen LogP contribution in [0.4, 0.5) is 10.7 Å². The van der Waals surface area contributed by atoms with Gasteiger partial charge in [0.25, 0.3) is 11.6 Å². The van der Waals surface area contributed by atoms with Gasteiger partial charge in [0.15, 0.2) is 0 Å². The number of anilines is 1. The summed E-state index contributed by atoms with van der Waals surface area (Å²) in [5.74, 6) is -0.985. The number of hydrogen-bond donors (Lipinski definition) is 1. The largest absolute Gasteiger partial charge is 0.462 e. The molecule has 29 heavy (non-hydrogen) atoms. The molecule has 7 nitrogen and oxygen atoms in total. The van der Waals surface area contributed by atoms with Crippen molar-refractivity contribution in [2.45, 2.75) is 13.8 Å². The van der Waals surface area contributed by atoms with Crippen LogP contribution in [0.25, 0.3) is 11.1 Å². The molecule has 0 aliphatic rings. The number of nitrogens with one attached hydrogen (secondary N) is 1. The average Bonchev–Trinajstić information content (AvgIpc) is 3.04. The molecule has 0 atom stereocenters. The minimum Gasteiger partial charge on any atom is -0.462 e. The van der Waals surface area contributed by atoms with Crippen molar-refractivity contribution in [3.05, 3.63) is 80.7 Å². The molecule has 0 saturated carbocycles. The topological polar surface area (TPSA) is 98.5 Å². The summed E-state index contributed by atoms with van der Waals surface area (Å²) in [6, 6.07) is 14.7. The number of nitrogens with zero attached hydrogens (tertiary/aromatic N) is 1. The Morgan fingerprint density at radius 2 is 1.76 bits per heavy atom. The van der Waals surface area contributed by atoms with E-state index in [0.717, 1.165) is 10.4 Å². The highest BCUT2D eigenvalue weighted by molar-refractivity contribution is 7.17. The Labute approximate surface area is 171 Å². The molecule has 3 rings (SSSR count). The minimum atomic E-state index is -0.532. The van der Waals surface area contributed by atoms with Gasteiger partial charge < -0.3 is 10.1 Å². The lowest BCUT2D eigenvalue weighted by atomic mass is 10.0. The van der Waals surface area contributed by atoms with Gasteiger partial charge in [0.1, 0.15) is 10.6 Å². The van der Waals surface area contributed by atoms with Gasteiger partial charge in [-0.3, -0.25) is 14.9 Å². The second-order valence-electron chi connectivity index (χ2n) is 6.08. The van der Waals surface area contributed by atoms with Crippen molar-refractivity contribution in [1.82, 2.24) is 0 Å². The standard InChI is InChI=1S/C21H18N2O5S/c1-3-28-21(25)18-17(14-7-5-4-6-8-14)13(2)29-20(18)22-19(24)15-9-11-16(12-10-15)23(26)27/h4-12H,3H2,1-2H3,(H,22,24). The number of hydrogen-bond acceptors (Lipinski definition) is 6. The van der Waals surface area contributed by atoms with Gasteiger partial charge in [-0.05, 0) is 31.5 Å². The molecule has 0 saturated heterocycles. The zero-order valence-electron chi connectivity index (χ0n) is 15.8. The van der Waals surface area contributed by atoms with E-state index in [2.05, 4.69) is 5.32 Å². The summed E-state index contributed by atoms with van der Waals surface area (Å²) in [5.41, 5.74) is 2.01. The normalized spacial score (nSPS) is 10.4. The van der Waals surface area contributed by atoms with E-state index in [1.165, 1.54) is 35.6 Å². The number of nitro benzene ring substituents is 1. The SMILES string of the molecule is CCOC(=O)c1c(NC(=O)c2ccc([N+](=O)[O-])cc2)sc(C)c1-c1ccccc1. The Morgan fingerprint density at radius 3 is 2.34 bits per heavy atom. The van der Waals surface area contributed by atoms with E-state index in [9.17, 15) is 19.7 Å². The number of thiophene rings is 1. The van der Waals surface area contributed by atoms with Crippen molar-refractivity contribution in [2.24, 2.45) is 0 Å². The van der Waals surface area contributed by atoms with Crippen LogP contribution in [0.5, 0.6) is 0 Å². The van der Waals surface area contributed by atoms with Crippen molar-refractivity contribution in [3.63, 3.8) is 0 Å². The maximum atomic E-state index is 12.7. The summed E-state index contributed by atoms with van der Waals surface area (Å²) in [6.07, 6.45) is 0. The molecule has 2 aromatic carbocycles. The van der Waals surface area contributed by atoms with Crippen molar-refractivity contribution < 1.29 is 19.2 Å². The molecule has 1 heterocycles. The zero-order chi connectivity index (χ0) is 21.0. The first-order valence-electron chi connectivity index (χ1n) is 8.84. The Kier molecular flexibility index (Phi) is 6.04.